The minimum atomic E-state index is -0.938. The minimum absolute atomic E-state index is 0.112. The first kappa shape index (κ1) is 18.8. The maximum absolute atomic E-state index is 12.8. The van der Waals surface area contributed by atoms with E-state index in [4.69, 9.17) is 5.73 Å². The first-order valence-corrected chi connectivity index (χ1v) is 9.79. The summed E-state index contributed by atoms with van der Waals surface area (Å²) in [5.74, 6) is -1.94. The number of nitrogens with zero attached hydrogens (tertiary/aromatic N) is 1. The highest BCUT2D eigenvalue weighted by molar-refractivity contribution is 6.23. The molecule has 8 nitrogen and oxygen atoms in total. The van der Waals surface area contributed by atoms with E-state index in [0.717, 1.165) is 36.1 Å². The van der Waals surface area contributed by atoms with Crippen LogP contribution in [-0.2, 0) is 16.1 Å². The second-order valence-electron chi connectivity index (χ2n) is 7.76. The molecule has 3 aliphatic rings. The van der Waals surface area contributed by atoms with Crippen molar-refractivity contribution in [2.45, 2.75) is 63.2 Å². The molecule has 148 valence electrons. The lowest BCUT2D eigenvalue weighted by molar-refractivity contribution is -0.136. The van der Waals surface area contributed by atoms with E-state index >= 15 is 0 Å². The molecular weight excluding hydrogens is 360 g/mol. The molecule has 1 unspecified atom stereocenters. The van der Waals surface area contributed by atoms with Gasteiger partial charge in [-0.2, -0.15) is 0 Å². The van der Waals surface area contributed by atoms with Crippen molar-refractivity contribution in [3.05, 3.63) is 34.9 Å². The van der Waals surface area contributed by atoms with Gasteiger partial charge in [-0.15, -0.1) is 0 Å². The standard InChI is InChI=1S/C20H24N4O4/c21-14-3-1-2-4-15(14)22-10-11-5-6-12-13(9-11)20(28)24(19(12)27)16-7-8-17(25)23-18(16)26/h5-6,9,14-16,22H,1-4,7-8,10,21H2,(H,23,25,26)/t14-,15-,16?/m1/s1. The summed E-state index contributed by atoms with van der Waals surface area (Å²) in [5.41, 5.74) is 7.67. The summed E-state index contributed by atoms with van der Waals surface area (Å²) in [4.78, 5) is 50.0. The Kier molecular flexibility index (Phi) is 4.99. The van der Waals surface area contributed by atoms with Crippen molar-refractivity contribution in [3.63, 3.8) is 0 Å². The summed E-state index contributed by atoms with van der Waals surface area (Å²) < 4.78 is 0. The SMILES string of the molecule is N[C@@H]1CCCC[C@H]1NCc1ccc2c(c1)C(=O)N(C1CCC(=O)NC1=O)C2=O. The topological polar surface area (TPSA) is 122 Å². The molecule has 4 rings (SSSR count). The number of benzene rings is 1. The van der Waals surface area contributed by atoms with Crippen LogP contribution in [0.3, 0.4) is 0 Å². The average Bonchev–Trinajstić information content (AvgIpc) is 2.92. The molecular formula is C20H24N4O4. The molecule has 3 atom stereocenters. The van der Waals surface area contributed by atoms with Gasteiger partial charge in [0, 0.05) is 25.0 Å². The van der Waals surface area contributed by atoms with E-state index in [1.807, 2.05) is 6.07 Å². The lowest BCUT2D eigenvalue weighted by Crippen LogP contribution is -2.54. The molecule has 4 N–H and O–H groups in total. The van der Waals surface area contributed by atoms with Crippen LogP contribution < -0.4 is 16.4 Å². The summed E-state index contributed by atoms with van der Waals surface area (Å²) >= 11 is 0. The molecule has 1 saturated heterocycles. The number of imide groups is 2. The third-order valence-corrected chi connectivity index (χ3v) is 5.89. The fourth-order valence-corrected chi connectivity index (χ4v) is 4.29. The van der Waals surface area contributed by atoms with Crippen molar-refractivity contribution in [2.24, 2.45) is 5.73 Å². The number of piperidine rings is 1. The number of nitrogens with two attached hydrogens (primary N) is 1. The summed E-state index contributed by atoms with van der Waals surface area (Å²) in [6.45, 7) is 0.561. The summed E-state index contributed by atoms with van der Waals surface area (Å²) in [5, 5.41) is 5.66. The van der Waals surface area contributed by atoms with Crippen LogP contribution >= 0.6 is 0 Å². The van der Waals surface area contributed by atoms with Gasteiger partial charge in [-0.1, -0.05) is 18.9 Å². The largest absolute Gasteiger partial charge is 0.326 e. The zero-order valence-electron chi connectivity index (χ0n) is 15.6. The number of nitrogens with one attached hydrogen (secondary N) is 2. The summed E-state index contributed by atoms with van der Waals surface area (Å²) in [7, 11) is 0. The van der Waals surface area contributed by atoms with Crippen LogP contribution in [0.2, 0.25) is 0 Å². The molecule has 2 aliphatic heterocycles. The van der Waals surface area contributed by atoms with Crippen molar-refractivity contribution in [2.75, 3.05) is 0 Å². The van der Waals surface area contributed by atoms with E-state index in [2.05, 4.69) is 10.6 Å². The van der Waals surface area contributed by atoms with Crippen molar-refractivity contribution < 1.29 is 19.2 Å². The molecule has 1 aromatic carbocycles. The first-order chi connectivity index (χ1) is 13.5. The van der Waals surface area contributed by atoms with Crippen molar-refractivity contribution >= 4 is 23.6 Å². The lowest BCUT2D eigenvalue weighted by Gasteiger charge is -2.29. The molecule has 0 spiro atoms. The van der Waals surface area contributed by atoms with E-state index in [1.165, 1.54) is 0 Å². The van der Waals surface area contributed by atoms with Crippen LogP contribution in [0.4, 0.5) is 0 Å². The van der Waals surface area contributed by atoms with E-state index in [9.17, 15) is 19.2 Å². The molecule has 1 saturated carbocycles. The van der Waals surface area contributed by atoms with E-state index in [-0.39, 0.29) is 30.8 Å². The van der Waals surface area contributed by atoms with Gasteiger partial charge in [-0.25, -0.2) is 0 Å². The second-order valence-corrected chi connectivity index (χ2v) is 7.76. The van der Waals surface area contributed by atoms with Gasteiger partial charge in [0.25, 0.3) is 11.8 Å². The zero-order valence-corrected chi connectivity index (χ0v) is 15.6. The Labute approximate surface area is 162 Å². The number of carbonyl (C=O) groups is 4. The van der Waals surface area contributed by atoms with Gasteiger partial charge < -0.3 is 11.1 Å². The molecule has 0 radical (unpaired) electrons. The Hall–Kier alpha value is -2.58. The molecule has 0 bridgehead atoms. The molecule has 1 aromatic rings. The van der Waals surface area contributed by atoms with Crippen LogP contribution in [0.5, 0.6) is 0 Å². The van der Waals surface area contributed by atoms with Gasteiger partial charge in [0.2, 0.25) is 11.8 Å². The molecule has 4 amide bonds. The van der Waals surface area contributed by atoms with Crippen LogP contribution in [-0.4, -0.2) is 46.7 Å². The monoisotopic (exact) mass is 384 g/mol. The maximum Gasteiger partial charge on any atom is 0.262 e. The Balaban J connectivity index is 1.49. The van der Waals surface area contributed by atoms with Gasteiger partial charge in [-0.3, -0.25) is 29.4 Å². The van der Waals surface area contributed by atoms with Crippen LogP contribution in [0, 0.1) is 0 Å². The normalized spacial score (nSPS) is 27.8. The minimum Gasteiger partial charge on any atom is -0.326 e. The van der Waals surface area contributed by atoms with Crippen LogP contribution in [0.15, 0.2) is 18.2 Å². The second kappa shape index (κ2) is 7.44. The van der Waals surface area contributed by atoms with Gasteiger partial charge in [0.1, 0.15) is 6.04 Å². The highest BCUT2D eigenvalue weighted by Crippen LogP contribution is 2.28. The third kappa shape index (κ3) is 3.33. The number of fused-ring (bicyclic) bond motifs is 1. The molecule has 1 aliphatic carbocycles. The third-order valence-electron chi connectivity index (χ3n) is 5.89. The molecule has 2 heterocycles. The highest BCUT2D eigenvalue weighted by Gasteiger charge is 2.44. The van der Waals surface area contributed by atoms with Gasteiger partial charge in [0.05, 0.1) is 11.1 Å². The zero-order chi connectivity index (χ0) is 19.8. The van der Waals surface area contributed by atoms with Crippen molar-refractivity contribution in [1.29, 1.82) is 0 Å². The Morgan fingerprint density at radius 3 is 2.54 bits per heavy atom. The number of hydrogen-bond acceptors (Lipinski definition) is 6. The maximum atomic E-state index is 12.8. The van der Waals surface area contributed by atoms with Crippen molar-refractivity contribution in [3.8, 4) is 0 Å². The summed E-state index contributed by atoms with van der Waals surface area (Å²) in [6, 6.07) is 4.61. The molecule has 28 heavy (non-hydrogen) atoms. The van der Waals surface area contributed by atoms with Gasteiger partial charge in [-0.05, 0) is 37.0 Å². The summed E-state index contributed by atoms with van der Waals surface area (Å²) in [6.07, 6.45) is 4.63. The Morgan fingerprint density at radius 2 is 1.79 bits per heavy atom. The average molecular weight is 384 g/mol. The van der Waals surface area contributed by atoms with E-state index in [0.29, 0.717) is 17.7 Å². The van der Waals surface area contributed by atoms with E-state index in [1.54, 1.807) is 12.1 Å². The predicted molar refractivity (Wildman–Crippen MR) is 100 cm³/mol. The first-order valence-electron chi connectivity index (χ1n) is 9.79. The van der Waals surface area contributed by atoms with Crippen molar-refractivity contribution in [1.82, 2.24) is 15.5 Å². The highest BCUT2D eigenvalue weighted by atomic mass is 16.2. The molecule has 8 heteroatoms. The number of rotatable bonds is 4. The number of hydrogen-bond donors (Lipinski definition) is 3. The fraction of sp³-hybridized carbons (Fsp3) is 0.500. The van der Waals surface area contributed by atoms with Gasteiger partial charge >= 0.3 is 0 Å². The predicted octanol–water partition coefficient (Wildman–Crippen LogP) is 0.447. The number of amides is 4. The lowest BCUT2D eigenvalue weighted by atomic mass is 9.91. The molecule has 0 aromatic heterocycles. The Bertz CT molecular complexity index is 853. The fourth-order valence-electron chi connectivity index (χ4n) is 4.29. The van der Waals surface area contributed by atoms with Gasteiger partial charge in [0.15, 0.2) is 0 Å². The quantitative estimate of drug-likeness (QED) is 0.648. The number of carbonyl (C=O) groups excluding carboxylic acids is 4. The van der Waals surface area contributed by atoms with Crippen LogP contribution in [0.1, 0.15) is 64.8 Å². The smallest absolute Gasteiger partial charge is 0.262 e. The Morgan fingerprint density at radius 1 is 1.04 bits per heavy atom. The molecule has 2 fully saturated rings. The van der Waals surface area contributed by atoms with Crippen LogP contribution in [0.25, 0.3) is 0 Å². The van der Waals surface area contributed by atoms with E-state index < -0.39 is 23.8 Å².